The van der Waals surface area contributed by atoms with Crippen LogP contribution in [0.5, 0.6) is 0 Å². The van der Waals surface area contributed by atoms with Crippen LogP contribution in [0.25, 0.3) is 16.9 Å². The first-order valence-electron chi connectivity index (χ1n) is 9.41. The molecule has 0 unspecified atom stereocenters. The van der Waals surface area contributed by atoms with Gasteiger partial charge in [0, 0.05) is 7.05 Å². The number of imidazole rings is 1. The number of carboxylic acid groups (broad SMARTS) is 1. The minimum absolute atomic E-state index is 0.00769. The van der Waals surface area contributed by atoms with E-state index in [1.807, 2.05) is 0 Å². The van der Waals surface area contributed by atoms with Crippen LogP contribution in [0.2, 0.25) is 10.0 Å². The molecule has 170 valence electrons. The van der Waals surface area contributed by atoms with Crippen LogP contribution in [0.15, 0.2) is 58.2 Å². The number of pyridine rings is 1. The second-order valence-corrected chi connectivity index (χ2v) is 9.91. The van der Waals surface area contributed by atoms with E-state index in [2.05, 4.69) is 9.97 Å². The summed E-state index contributed by atoms with van der Waals surface area (Å²) in [6, 6.07) is 11.6. The van der Waals surface area contributed by atoms with E-state index in [4.69, 9.17) is 23.2 Å². The summed E-state index contributed by atoms with van der Waals surface area (Å²) in [6.45, 7) is 1.62. The molecule has 0 spiro atoms. The predicted molar refractivity (Wildman–Crippen MR) is 125 cm³/mol. The van der Waals surface area contributed by atoms with Crippen molar-refractivity contribution < 1.29 is 18.3 Å². The standard InChI is InChI=1S/C21H16Cl2N4O5S/c1-11-9-15(20(28)29)24-19-18(11)25-21(30)27(19)17-10-12(7-8-14(17)23)33(31,32)26(2)16-6-4-3-5-13(16)22/h3-10H,1-2H3,(H,25,30)(H,28,29). The number of halogens is 2. The first-order valence-corrected chi connectivity index (χ1v) is 11.6. The molecule has 2 aromatic carbocycles. The number of nitrogens with zero attached hydrogens (tertiary/aromatic N) is 3. The number of sulfonamides is 1. The van der Waals surface area contributed by atoms with E-state index in [1.165, 1.54) is 31.3 Å². The van der Waals surface area contributed by atoms with Crippen molar-refractivity contribution in [1.29, 1.82) is 0 Å². The Morgan fingerprint density at radius 1 is 1.12 bits per heavy atom. The fourth-order valence-corrected chi connectivity index (χ4v) is 5.13. The molecule has 0 aliphatic heterocycles. The molecule has 0 amide bonds. The minimum Gasteiger partial charge on any atom is -0.477 e. The lowest BCUT2D eigenvalue weighted by Gasteiger charge is -2.21. The van der Waals surface area contributed by atoms with E-state index >= 15 is 0 Å². The Hall–Kier alpha value is -3.34. The molecule has 0 aliphatic rings. The van der Waals surface area contributed by atoms with E-state index in [-0.39, 0.29) is 37.7 Å². The Kier molecular flexibility index (Phi) is 5.69. The molecule has 33 heavy (non-hydrogen) atoms. The molecule has 0 bridgehead atoms. The van der Waals surface area contributed by atoms with Crippen LogP contribution in [0.3, 0.4) is 0 Å². The van der Waals surface area contributed by atoms with Gasteiger partial charge < -0.3 is 10.1 Å². The number of aromatic amines is 1. The van der Waals surface area contributed by atoms with Gasteiger partial charge in [-0.05, 0) is 48.9 Å². The molecule has 0 saturated heterocycles. The molecule has 2 heterocycles. The average Bonchev–Trinajstić information content (AvgIpc) is 3.10. The Labute approximate surface area is 197 Å². The van der Waals surface area contributed by atoms with E-state index < -0.39 is 21.7 Å². The first kappa shape index (κ1) is 22.8. The lowest BCUT2D eigenvalue weighted by molar-refractivity contribution is 0.0690. The number of anilines is 1. The molecule has 9 nitrogen and oxygen atoms in total. The molecule has 4 rings (SSSR count). The van der Waals surface area contributed by atoms with Crippen LogP contribution in [-0.2, 0) is 10.0 Å². The third-order valence-electron chi connectivity index (χ3n) is 5.07. The number of aromatic carboxylic acids is 1. The van der Waals surface area contributed by atoms with Crippen LogP contribution in [0.4, 0.5) is 5.69 Å². The molecular formula is C21H16Cl2N4O5S. The molecule has 0 fully saturated rings. The maximum absolute atomic E-state index is 13.3. The smallest absolute Gasteiger partial charge is 0.354 e. The Balaban J connectivity index is 1.93. The Bertz CT molecular complexity index is 1590. The zero-order valence-electron chi connectivity index (χ0n) is 17.2. The Morgan fingerprint density at radius 2 is 1.82 bits per heavy atom. The van der Waals surface area contributed by atoms with Gasteiger partial charge in [-0.3, -0.25) is 4.31 Å². The third kappa shape index (κ3) is 3.86. The number of hydrogen-bond donors (Lipinski definition) is 2. The van der Waals surface area contributed by atoms with Gasteiger partial charge in [0.15, 0.2) is 11.3 Å². The van der Waals surface area contributed by atoms with Crippen LogP contribution in [-0.4, -0.2) is 41.1 Å². The van der Waals surface area contributed by atoms with Crippen molar-refractivity contribution in [2.75, 3.05) is 11.4 Å². The van der Waals surface area contributed by atoms with Gasteiger partial charge in [-0.2, -0.15) is 0 Å². The zero-order chi connectivity index (χ0) is 24.1. The minimum atomic E-state index is -4.09. The lowest BCUT2D eigenvalue weighted by atomic mass is 10.2. The van der Waals surface area contributed by atoms with E-state index in [1.54, 1.807) is 31.2 Å². The summed E-state index contributed by atoms with van der Waals surface area (Å²) in [6.07, 6.45) is 0. The van der Waals surface area contributed by atoms with Crippen LogP contribution >= 0.6 is 23.2 Å². The zero-order valence-corrected chi connectivity index (χ0v) is 19.5. The first-order chi connectivity index (χ1) is 15.5. The van der Waals surface area contributed by atoms with E-state index in [0.29, 0.717) is 11.1 Å². The fraction of sp³-hybridized carbons (Fsp3) is 0.0952. The van der Waals surface area contributed by atoms with Gasteiger partial charge in [0.1, 0.15) is 0 Å². The maximum Gasteiger partial charge on any atom is 0.354 e. The number of aryl methyl sites for hydroxylation is 1. The SMILES string of the molecule is Cc1cc(C(=O)O)nc2c1[nH]c(=O)n2-c1cc(S(=O)(=O)N(C)c2ccccc2Cl)ccc1Cl. The molecule has 0 aliphatic carbocycles. The Morgan fingerprint density at radius 3 is 2.48 bits per heavy atom. The second kappa shape index (κ2) is 8.22. The van der Waals surface area contributed by atoms with Gasteiger partial charge in [0.2, 0.25) is 0 Å². The van der Waals surface area contributed by atoms with E-state index in [9.17, 15) is 23.1 Å². The topological polar surface area (TPSA) is 125 Å². The quantitative estimate of drug-likeness (QED) is 0.423. The number of aromatic nitrogens is 3. The average molecular weight is 507 g/mol. The highest BCUT2D eigenvalue weighted by molar-refractivity contribution is 7.92. The third-order valence-corrected chi connectivity index (χ3v) is 7.48. The normalized spacial score (nSPS) is 11.6. The highest BCUT2D eigenvalue weighted by atomic mass is 35.5. The maximum atomic E-state index is 13.3. The van der Waals surface area contributed by atoms with Crippen molar-refractivity contribution in [3.05, 3.63) is 80.3 Å². The number of H-pyrrole nitrogens is 1. The summed E-state index contributed by atoms with van der Waals surface area (Å²) in [4.78, 5) is 30.7. The largest absolute Gasteiger partial charge is 0.477 e. The molecule has 0 saturated carbocycles. The molecule has 12 heteroatoms. The molecule has 2 N–H and O–H groups in total. The number of nitrogens with one attached hydrogen (secondary N) is 1. The highest BCUT2D eigenvalue weighted by Gasteiger charge is 2.25. The summed E-state index contributed by atoms with van der Waals surface area (Å²) in [5.74, 6) is -1.27. The second-order valence-electron chi connectivity index (χ2n) is 7.13. The van der Waals surface area contributed by atoms with E-state index in [0.717, 1.165) is 8.87 Å². The van der Waals surface area contributed by atoms with Gasteiger partial charge in [-0.15, -0.1) is 0 Å². The van der Waals surface area contributed by atoms with Crippen molar-refractivity contribution in [3.8, 4) is 5.69 Å². The monoisotopic (exact) mass is 506 g/mol. The van der Waals surface area contributed by atoms with Crippen LogP contribution in [0.1, 0.15) is 16.1 Å². The van der Waals surface area contributed by atoms with Crippen molar-refractivity contribution in [2.45, 2.75) is 11.8 Å². The number of fused-ring (bicyclic) bond motifs is 1. The molecular weight excluding hydrogens is 491 g/mol. The fourth-order valence-electron chi connectivity index (χ4n) is 3.38. The number of carboxylic acids is 1. The predicted octanol–water partition coefficient (Wildman–Crippen LogP) is 3.85. The highest BCUT2D eigenvalue weighted by Crippen LogP contribution is 2.31. The van der Waals surface area contributed by atoms with Crippen LogP contribution in [0, 0.1) is 6.92 Å². The number of hydrogen-bond acceptors (Lipinski definition) is 5. The van der Waals surface area contributed by atoms with Crippen molar-refractivity contribution in [3.63, 3.8) is 0 Å². The van der Waals surface area contributed by atoms with Gasteiger partial charge in [-0.25, -0.2) is 27.6 Å². The number of para-hydroxylation sites is 1. The van der Waals surface area contributed by atoms with Gasteiger partial charge >= 0.3 is 11.7 Å². The van der Waals surface area contributed by atoms with Gasteiger partial charge in [-0.1, -0.05) is 35.3 Å². The van der Waals surface area contributed by atoms with Gasteiger partial charge in [0.25, 0.3) is 10.0 Å². The summed E-state index contributed by atoms with van der Waals surface area (Å²) < 4.78 is 28.7. The van der Waals surface area contributed by atoms with Crippen molar-refractivity contribution in [2.24, 2.45) is 0 Å². The molecule has 0 atom stereocenters. The molecule has 4 aromatic rings. The number of rotatable bonds is 5. The molecule has 2 aromatic heterocycles. The number of carbonyl (C=O) groups is 1. The molecule has 0 radical (unpaired) electrons. The summed E-state index contributed by atoms with van der Waals surface area (Å²) in [5, 5.41) is 9.66. The summed E-state index contributed by atoms with van der Waals surface area (Å²) in [5.41, 5.74) is 0.159. The summed E-state index contributed by atoms with van der Waals surface area (Å²) >= 11 is 12.5. The van der Waals surface area contributed by atoms with Crippen molar-refractivity contribution >= 4 is 56.0 Å². The van der Waals surface area contributed by atoms with Gasteiger partial charge in [0.05, 0.1) is 31.8 Å². The number of benzene rings is 2. The van der Waals surface area contributed by atoms with Crippen LogP contribution < -0.4 is 9.99 Å². The summed E-state index contributed by atoms with van der Waals surface area (Å²) in [7, 11) is -2.74. The lowest BCUT2D eigenvalue weighted by Crippen LogP contribution is -2.27. The van der Waals surface area contributed by atoms with Crippen molar-refractivity contribution in [1.82, 2.24) is 14.5 Å².